The largest absolute Gasteiger partial charge is 0.373 e. The Kier molecular flexibility index (Phi) is 5.22. The van der Waals surface area contributed by atoms with E-state index in [4.69, 9.17) is 11.6 Å². The minimum atomic E-state index is -0.458. The van der Waals surface area contributed by atoms with Gasteiger partial charge in [0, 0.05) is 6.54 Å². The van der Waals surface area contributed by atoms with Gasteiger partial charge in [-0.25, -0.2) is 4.39 Å². The van der Waals surface area contributed by atoms with Crippen molar-refractivity contribution in [2.45, 2.75) is 26.3 Å². The van der Waals surface area contributed by atoms with E-state index >= 15 is 0 Å². The number of hydrogen-bond acceptors (Lipinski definition) is 2. The van der Waals surface area contributed by atoms with Gasteiger partial charge in [-0.1, -0.05) is 18.5 Å². The van der Waals surface area contributed by atoms with Crippen LogP contribution in [0.3, 0.4) is 0 Å². The zero-order valence-electron chi connectivity index (χ0n) is 9.89. The van der Waals surface area contributed by atoms with Crippen LogP contribution >= 0.6 is 11.6 Å². The average molecular weight is 259 g/mol. The monoisotopic (exact) mass is 258 g/mol. The molecule has 0 bridgehead atoms. The Balaban J connectivity index is 2.64. The fraction of sp³-hybridized carbons (Fsp3) is 0.417. The van der Waals surface area contributed by atoms with E-state index in [1.54, 1.807) is 6.92 Å². The molecule has 0 fully saturated rings. The Hall–Kier alpha value is -1.29. The topological polar surface area (TPSA) is 41.1 Å². The van der Waals surface area contributed by atoms with Crippen molar-refractivity contribution in [2.75, 3.05) is 11.9 Å². The van der Waals surface area contributed by atoms with Crippen LogP contribution in [0, 0.1) is 5.82 Å². The Morgan fingerprint density at radius 1 is 1.53 bits per heavy atom. The minimum Gasteiger partial charge on any atom is -0.373 e. The van der Waals surface area contributed by atoms with Crippen molar-refractivity contribution in [1.29, 1.82) is 0 Å². The van der Waals surface area contributed by atoms with Gasteiger partial charge in [0.1, 0.15) is 11.9 Å². The highest BCUT2D eigenvalue weighted by Gasteiger charge is 2.13. The first kappa shape index (κ1) is 13.8. The molecule has 0 saturated heterocycles. The first-order valence-electron chi connectivity index (χ1n) is 5.54. The highest BCUT2D eigenvalue weighted by atomic mass is 35.5. The van der Waals surface area contributed by atoms with Crippen molar-refractivity contribution >= 4 is 23.2 Å². The number of hydrogen-bond donors (Lipinski definition) is 2. The second-order valence-electron chi connectivity index (χ2n) is 3.78. The maximum absolute atomic E-state index is 13.0. The summed E-state index contributed by atoms with van der Waals surface area (Å²) < 4.78 is 13.0. The van der Waals surface area contributed by atoms with Crippen molar-refractivity contribution in [3.63, 3.8) is 0 Å². The molecule has 0 spiro atoms. The molecule has 1 unspecified atom stereocenters. The summed E-state index contributed by atoms with van der Waals surface area (Å²) in [5.74, 6) is -0.523. The van der Waals surface area contributed by atoms with Crippen LogP contribution in [0.4, 0.5) is 10.1 Å². The number of halogens is 2. The molecule has 3 nitrogen and oxygen atoms in total. The van der Waals surface area contributed by atoms with Crippen LogP contribution in [0.5, 0.6) is 0 Å². The highest BCUT2D eigenvalue weighted by Crippen LogP contribution is 2.22. The molecule has 0 heterocycles. The zero-order valence-corrected chi connectivity index (χ0v) is 10.6. The Labute approximate surface area is 105 Å². The number of rotatable bonds is 5. The van der Waals surface area contributed by atoms with Gasteiger partial charge in [-0.15, -0.1) is 0 Å². The predicted octanol–water partition coefficient (Wildman–Crippen LogP) is 2.81. The summed E-state index contributed by atoms with van der Waals surface area (Å²) in [6.07, 6.45) is 0.874. The molecule has 94 valence electrons. The lowest BCUT2D eigenvalue weighted by atomic mass is 10.2. The molecule has 2 N–H and O–H groups in total. The van der Waals surface area contributed by atoms with Gasteiger partial charge in [0.25, 0.3) is 0 Å². The molecule has 1 aromatic carbocycles. The van der Waals surface area contributed by atoms with Gasteiger partial charge in [0.2, 0.25) is 5.91 Å². The van der Waals surface area contributed by atoms with Gasteiger partial charge in [0.15, 0.2) is 0 Å². The van der Waals surface area contributed by atoms with Gasteiger partial charge in [-0.05, 0) is 31.5 Å². The van der Waals surface area contributed by atoms with Crippen molar-refractivity contribution in [2.24, 2.45) is 0 Å². The molecule has 1 aromatic rings. The third-order valence-corrected chi connectivity index (χ3v) is 2.57. The molecule has 0 saturated carbocycles. The molecule has 1 amide bonds. The third kappa shape index (κ3) is 4.23. The molecule has 0 radical (unpaired) electrons. The van der Waals surface area contributed by atoms with Crippen LogP contribution in [0.15, 0.2) is 18.2 Å². The quantitative estimate of drug-likeness (QED) is 0.853. The summed E-state index contributed by atoms with van der Waals surface area (Å²) in [5, 5.41) is 6.01. The van der Waals surface area contributed by atoms with Crippen LogP contribution in [0.2, 0.25) is 5.02 Å². The lowest BCUT2D eigenvalue weighted by molar-refractivity contribution is -0.121. The summed E-state index contributed by atoms with van der Waals surface area (Å²) in [4.78, 5) is 11.6. The summed E-state index contributed by atoms with van der Waals surface area (Å²) >= 11 is 5.89. The van der Waals surface area contributed by atoms with E-state index in [1.165, 1.54) is 18.2 Å². The van der Waals surface area contributed by atoms with Gasteiger partial charge in [-0.2, -0.15) is 0 Å². The van der Waals surface area contributed by atoms with Crippen LogP contribution in [-0.4, -0.2) is 18.5 Å². The second kappa shape index (κ2) is 6.45. The number of carbonyl (C=O) groups is 1. The van der Waals surface area contributed by atoms with E-state index in [2.05, 4.69) is 10.6 Å². The fourth-order valence-electron chi connectivity index (χ4n) is 1.31. The van der Waals surface area contributed by atoms with Crippen LogP contribution in [-0.2, 0) is 4.79 Å². The molecule has 5 heteroatoms. The predicted molar refractivity (Wildman–Crippen MR) is 67.8 cm³/mol. The molecule has 0 aliphatic heterocycles. The van der Waals surface area contributed by atoms with Crippen molar-refractivity contribution in [3.8, 4) is 0 Å². The first-order chi connectivity index (χ1) is 8.04. The van der Waals surface area contributed by atoms with E-state index in [0.29, 0.717) is 17.3 Å². The first-order valence-corrected chi connectivity index (χ1v) is 5.91. The molecule has 1 rings (SSSR count). The third-order valence-electron chi connectivity index (χ3n) is 2.24. The van der Waals surface area contributed by atoms with Crippen LogP contribution < -0.4 is 10.6 Å². The van der Waals surface area contributed by atoms with Crippen molar-refractivity contribution < 1.29 is 9.18 Å². The lowest BCUT2D eigenvalue weighted by Gasteiger charge is -2.16. The lowest BCUT2D eigenvalue weighted by Crippen LogP contribution is -2.37. The highest BCUT2D eigenvalue weighted by molar-refractivity contribution is 6.33. The van der Waals surface area contributed by atoms with Crippen molar-refractivity contribution in [3.05, 3.63) is 29.0 Å². The molecule has 0 aliphatic carbocycles. The molecular formula is C12H16ClFN2O. The van der Waals surface area contributed by atoms with Crippen molar-refractivity contribution in [1.82, 2.24) is 5.32 Å². The fourth-order valence-corrected chi connectivity index (χ4v) is 1.48. The van der Waals surface area contributed by atoms with Crippen LogP contribution in [0.25, 0.3) is 0 Å². The van der Waals surface area contributed by atoms with E-state index in [1.807, 2.05) is 6.92 Å². The summed E-state index contributed by atoms with van der Waals surface area (Å²) in [6, 6.07) is 3.54. The van der Waals surface area contributed by atoms with Gasteiger partial charge < -0.3 is 10.6 Å². The van der Waals surface area contributed by atoms with Gasteiger partial charge in [-0.3, -0.25) is 4.79 Å². The molecule has 17 heavy (non-hydrogen) atoms. The number of anilines is 1. The Morgan fingerprint density at radius 3 is 2.88 bits per heavy atom. The zero-order chi connectivity index (χ0) is 12.8. The van der Waals surface area contributed by atoms with E-state index in [9.17, 15) is 9.18 Å². The van der Waals surface area contributed by atoms with E-state index < -0.39 is 11.9 Å². The molecule has 0 aromatic heterocycles. The number of benzene rings is 1. The maximum atomic E-state index is 13.0. The molecule has 0 aliphatic rings. The Bertz CT molecular complexity index is 398. The average Bonchev–Trinajstić information content (AvgIpc) is 2.30. The SMILES string of the molecule is CCCNC(=O)C(C)Nc1cc(F)ccc1Cl. The minimum absolute atomic E-state index is 0.132. The van der Waals surface area contributed by atoms with Gasteiger partial charge >= 0.3 is 0 Å². The smallest absolute Gasteiger partial charge is 0.242 e. The number of amides is 1. The molecule has 1 atom stereocenters. The summed E-state index contributed by atoms with van der Waals surface area (Å²) in [5.41, 5.74) is 0.422. The summed E-state index contributed by atoms with van der Waals surface area (Å²) in [7, 11) is 0. The second-order valence-corrected chi connectivity index (χ2v) is 4.19. The summed E-state index contributed by atoms with van der Waals surface area (Å²) in [6.45, 7) is 4.30. The maximum Gasteiger partial charge on any atom is 0.242 e. The van der Waals surface area contributed by atoms with Crippen LogP contribution in [0.1, 0.15) is 20.3 Å². The van der Waals surface area contributed by atoms with Gasteiger partial charge in [0.05, 0.1) is 10.7 Å². The standard InChI is InChI=1S/C12H16ClFN2O/c1-3-6-15-12(17)8(2)16-11-7-9(14)4-5-10(11)13/h4-5,7-8,16H,3,6H2,1-2H3,(H,15,17). The number of carbonyl (C=O) groups excluding carboxylic acids is 1. The van der Waals surface area contributed by atoms with E-state index in [0.717, 1.165) is 6.42 Å². The molecular weight excluding hydrogens is 243 g/mol. The normalized spacial score (nSPS) is 12.0. The number of nitrogens with one attached hydrogen (secondary N) is 2. The Morgan fingerprint density at radius 2 is 2.24 bits per heavy atom. The van der Waals surface area contributed by atoms with E-state index in [-0.39, 0.29) is 5.91 Å².